The van der Waals surface area contributed by atoms with Crippen molar-refractivity contribution in [3.05, 3.63) is 60.0 Å². The van der Waals surface area contributed by atoms with E-state index in [-0.39, 0.29) is 5.91 Å². The standard InChI is InChI=1S/C17H17N3O2S/c1-12-4-3-9-20-10-15(19-17(12)20)11-23(22)16-7-5-14(6-8-16)18-13(2)21/h3-10H,11H2,1-2H3,(H,18,21). The quantitative estimate of drug-likeness (QED) is 0.801. The molecular weight excluding hydrogens is 310 g/mol. The SMILES string of the molecule is CC(=O)Nc1ccc(S(=O)Cc2cn3cccc(C)c3n2)cc1. The Morgan fingerprint density at radius 2 is 2.00 bits per heavy atom. The number of pyridine rings is 1. The van der Waals surface area contributed by atoms with Gasteiger partial charge in [0.2, 0.25) is 5.91 Å². The number of carbonyl (C=O) groups is 1. The highest BCUT2D eigenvalue weighted by atomic mass is 32.2. The van der Waals surface area contributed by atoms with Crippen LogP contribution in [0.1, 0.15) is 18.2 Å². The molecule has 0 spiro atoms. The van der Waals surface area contributed by atoms with Crippen molar-refractivity contribution in [2.24, 2.45) is 0 Å². The van der Waals surface area contributed by atoms with Crippen LogP contribution < -0.4 is 5.32 Å². The zero-order valence-electron chi connectivity index (χ0n) is 12.9. The third-order valence-corrected chi connectivity index (χ3v) is 4.80. The first-order valence-electron chi connectivity index (χ1n) is 7.22. The van der Waals surface area contributed by atoms with Crippen molar-refractivity contribution in [2.45, 2.75) is 24.5 Å². The molecular formula is C17H17N3O2S. The zero-order chi connectivity index (χ0) is 16.4. The summed E-state index contributed by atoms with van der Waals surface area (Å²) in [6.07, 6.45) is 3.84. The molecule has 1 amide bonds. The minimum Gasteiger partial charge on any atom is -0.326 e. The number of amides is 1. The van der Waals surface area contributed by atoms with Crippen LogP contribution in [0.3, 0.4) is 0 Å². The lowest BCUT2D eigenvalue weighted by atomic mass is 10.3. The molecule has 1 atom stereocenters. The van der Waals surface area contributed by atoms with Crippen molar-refractivity contribution in [3.8, 4) is 0 Å². The molecule has 0 saturated heterocycles. The third kappa shape index (κ3) is 3.48. The molecule has 2 aromatic heterocycles. The second-order valence-corrected chi connectivity index (χ2v) is 6.80. The van der Waals surface area contributed by atoms with Gasteiger partial charge in [-0.15, -0.1) is 0 Å². The van der Waals surface area contributed by atoms with Gasteiger partial charge in [-0.25, -0.2) is 4.98 Å². The van der Waals surface area contributed by atoms with Crippen molar-refractivity contribution >= 4 is 28.0 Å². The molecule has 6 heteroatoms. The molecule has 3 aromatic rings. The molecule has 2 heterocycles. The van der Waals surface area contributed by atoms with E-state index < -0.39 is 10.8 Å². The van der Waals surface area contributed by atoms with Gasteiger partial charge >= 0.3 is 0 Å². The van der Waals surface area contributed by atoms with Gasteiger partial charge in [-0.05, 0) is 42.8 Å². The van der Waals surface area contributed by atoms with E-state index >= 15 is 0 Å². The summed E-state index contributed by atoms with van der Waals surface area (Å²) in [5.41, 5.74) is 3.47. The lowest BCUT2D eigenvalue weighted by Gasteiger charge is -2.04. The number of anilines is 1. The molecule has 5 nitrogen and oxygen atoms in total. The van der Waals surface area contributed by atoms with E-state index in [1.54, 1.807) is 24.3 Å². The van der Waals surface area contributed by atoms with Crippen LogP contribution in [0.25, 0.3) is 5.65 Å². The van der Waals surface area contributed by atoms with Crippen LogP contribution in [0.2, 0.25) is 0 Å². The number of aromatic nitrogens is 2. The predicted molar refractivity (Wildman–Crippen MR) is 90.8 cm³/mol. The van der Waals surface area contributed by atoms with Crippen LogP contribution in [-0.4, -0.2) is 19.5 Å². The maximum Gasteiger partial charge on any atom is 0.221 e. The Hall–Kier alpha value is -2.47. The van der Waals surface area contributed by atoms with E-state index in [0.717, 1.165) is 16.9 Å². The maximum atomic E-state index is 12.5. The Labute approximate surface area is 136 Å². The summed E-state index contributed by atoms with van der Waals surface area (Å²) >= 11 is 0. The van der Waals surface area contributed by atoms with E-state index in [0.29, 0.717) is 16.3 Å². The predicted octanol–water partition coefficient (Wildman–Crippen LogP) is 2.91. The molecule has 0 fully saturated rings. The van der Waals surface area contributed by atoms with E-state index in [2.05, 4.69) is 10.3 Å². The van der Waals surface area contributed by atoms with Gasteiger partial charge in [-0.3, -0.25) is 9.00 Å². The molecule has 1 unspecified atom stereocenters. The molecule has 0 radical (unpaired) electrons. The number of hydrogen-bond donors (Lipinski definition) is 1. The average Bonchev–Trinajstić information content (AvgIpc) is 2.91. The number of carbonyl (C=O) groups excluding carboxylic acids is 1. The highest BCUT2D eigenvalue weighted by molar-refractivity contribution is 7.84. The topological polar surface area (TPSA) is 63.5 Å². The molecule has 118 valence electrons. The number of aryl methyl sites for hydroxylation is 1. The van der Waals surface area contributed by atoms with Gasteiger partial charge < -0.3 is 9.72 Å². The Morgan fingerprint density at radius 3 is 2.65 bits per heavy atom. The highest BCUT2D eigenvalue weighted by Crippen LogP contribution is 2.17. The largest absolute Gasteiger partial charge is 0.326 e. The number of imidazole rings is 1. The molecule has 0 aliphatic rings. The molecule has 3 rings (SSSR count). The summed E-state index contributed by atoms with van der Waals surface area (Å²) in [6.45, 7) is 3.46. The molecule has 0 aliphatic carbocycles. The number of nitrogens with zero attached hydrogens (tertiary/aromatic N) is 2. The Morgan fingerprint density at radius 1 is 1.26 bits per heavy atom. The van der Waals surface area contributed by atoms with Gasteiger partial charge in [0.15, 0.2) is 0 Å². The van der Waals surface area contributed by atoms with Gasteiger partial charge in [0.05, 0.1) is 22.2 Å². The molecule has 23 heavy (non-hydrogen) atoms. The first kappa shape index (κ1) is 15.4. The minimum atomic E-state index is -1.18. The summed E-state index contributed by atoms with van der Waals surface area (Å²) in [5.74, 6) is 0.236. The van der Waals surface area contributed by atoms with Gasteiger partial charge in [-0.1, -0.05) is 6.07 Å². The second kappa shape index (κ2) is 6.34. The van der Waals surface area contributed by atoms with Gasteiger partial charge in [0.1, 0.15) is 5.65 Å². The van der Waals surface area contributed by atoms with E-state index in [1.807, 2.05) is 35.9 Å². The van der Waals surface area contributed by atoms with Crippen LogP contribution >= 0.6 is 0 Å². The third-order valence-electron chi connectivity index (χ3n) is 3.44. The number of fused-ring (bicyclic) bond motifs is 1. The number of rotatable bonds is 4. The Kier molecular flexibility index (Phi) is 4.25. The maximum absolute atomic E-state index is 12.5. The van der Waals surface area contributed by atoms with Crippen molar-refractivity contribution in [2.75, 3.05) is 5.32 Å². The summed E-state index contributed by atoms with van der Waals surface area (Å²) in [6, 6.07) is 11.0. The summed E-state index contributed by atoms with van der Waals surface area (Å²) < 4.78 is 14.4. The number of hydrogen-bond acceptors (Lipinski definition) is 3. The Bertz CT molecular complexity index is 884. The van der Waals surface area contributed by atoms with Gasteiger partial charge in [0.25, 0.3) is 0 Å². The monoisotopic (exact) mass is 327 g/mol. The van der Waals surface area contributed by atoms with Crippen LogP contribution in [0.5, 0.6) is 0 Å². The van der Waals surface area contributed by atoms with Crippen molar-refractivity contribution < 1.29 is 9.00 Å². The lowest BCUT2D eigenvalue weighted by Crippen LogP contribution is -2.05. The lowest BCUT2D eigenvalue weighted by molar-refractivity contribution is -0.114. The van der Waals surface area contributed by atoms with Crippen molar-refractivity contribution in [3.63, 3.8) is 0 Å². The molecule has 0 bridgehead atoms. The number of benzene rings is 1. The smallest absolute Gasteiger partial charge is 0.221 e. The number of nitrogens with one attached hydrogen (secondary N) is 1. The fourth-order valence-electron chi connectivity index (χ4n) is 2.38. The first-order chi connectivity index (χ1) is 11.0. The Balaban J connectivity index is 1.77. The van der Waals surface area contributed by atoms with E-state index in [1.165, 1.54) is 6.92 Å². The fourth-order valence-corrected chi connectivity index (χ4v) is 3.40. The molecule has 0 aliphatic heterocycles. The first-order valence-corrected chi connectivity index (χ1v) is 8.54. The summed E-state index contributed by atoms with van der Waals surface area (Å²) in [4.78, 5) is 16.3. The van der Waals surface area contributed by atoms with Gasteiger partial charge in [0, 0.05) is 29.9 Å². The minimum absolute atomic E-state index is 0.126. The van der Waals surface area contributed by atoms with Crippen LogP contribution in [0.4, 0.5) is 5.69 Å². The molecule has 0 saturated carbocycles. The fraction of sp³-hybridized carbons (Fsp3) is 0.176. The van der Waals surface area contributed by atoms with E-state index in [4.69, 9.17) is 0 Å². The van der Waals surface area contributed by atoms with E-state index in [9.17, 15) is 9.00 Å². The van der Waals surface area contributed by atoms with Crippen molar-refractivity contribution in [1.29, 1.82) is 0 Å². The van der Waals surface area contributed by atoms with Crippen LogP contribution in [-0.2, 0) is 21.3 Å². The second-order valence-electron chi connectivity index (χ2n) is 5.35. The molecule has 1 aromatic carbocycles. The van der Waals surface area contributed by atoms with Crippen molar-refractivity contribution in [1.82, 2.24) is 9.38 Å². The highest BCUT2D eigenvalue weighted by Gasteiger charge is 2.10. The normalized spacial score (nSPS) is 12.3. The van der Waals surface area contributed by atoms with Gasteiger partial charge in [-0.2, -0.15) is 0 Å². The summed E-state index contributed by atoms with van der Waals surface area (Å²) in [7, 11) is -1.18. The summed E-state index contributed by atoms with van der Waals surface area (Å²) in [5, 5.41) is 2.69. The zero-order valence-corrected chi connectivity index (χ0v) is 13.8. The van der Waals surface area contributed by atoms with Crippen LogP contribution in [0, 0.1) is 6.92 Å². The molecule has 1 N–H and O–H groups in total. The van der Waals surface area contributed by atoms with Crippen LogP contribution in [0.15, 0.2) is 53.7 Å². The average molecular weight is 327 g/mol.